The van der Waals surface area contributed by atoms with E-state index in [0.717, 1.165) is 12.0 Å². The summed E-state index contributed by atoms with van der Waals surface area (Å²) in [5.41, 5.74) is 0. The molecule has 2 nitrogen and oxygen atoms in total. The van der Waals surface area contributed by atoms with Crippen molar-refractivity contribution >= 4 is 18.0 Å². The van der Waals surface area contributed by atoms with Gasteiger partial charge in [0, 0.05) is 5.75 Å². The maximum Gasteiger partial charge on any atom is 0.137 e. The first-order valence-corrected chi connectivity index (χ1v) is 5.13. The van der Waals surface area contributed by atoms with Gasteiger partial charge in [0.25, 0.3) is 0 Å². The summed E-state index contributed by atoms with van der Waals surface area (Å²) in [6.07, 6.45) is 3.46. The van der Waals surface area contributed by atoms with Crippen LogP contribution in [-0.4, -0.2) is 35.4 Å². The molecule has 1 aliphatic rings. The summed E-state index contributed by atoms with van der Waals surface area (Å²) in [4.78, 5) is 12.7. The molecule has 0 bridgehead atoms. The van der Waals surface area contributed by atoms with E-state index in [2.05, 4.69) is 11.8 Å². The zero-order chi connectivity index (χ0) is 8.27. The van der Waals surface area contributed by atoms with Crippen LogP contribution in [0.15, 0.2) is 0 Å². The van der Waals surface area contributed by atoms with E-state index in [0.29, 0.717) is 5.37 Å². The zero-order valence-corrected chi connectivity index (χ0v) is 7.93. The normalized spacial score (nSPS) is 32.5. The first-order chi connectivity index (χ1) is 5.29. The number of thioether (sulfide) groups is 1. The van der Waals surface area contributed by atoms with Gasteiger partial charge in [-0.3, -0.25) is 4.90 Å². The highest BCUT2D eigenvalue weighted by atomic mass is 32.2. The minimum Gasteiger partial charge on any atom is -0.302 e. The van der Waals surface area contributed by atoms with Gasteiger partial charge in [-0.25, -0.2) is 0 Å². The lowest BCUT2D eigenvalue weighted by atomic mass is 10.3. The highest BCUT2D eigenvalue weighted by Gasteiger charge is 2.29. The van der Waals surface area contributed by atoms with E-state index in [-0.39, 0.29) is 6.04 Å². The van der Waals surface area contributed by atoms with Crippen LogP contribution in [0.3, 0.4) is 0 Å². The lowest BCUT2D eigenvalue weighted by Crippen LogP contribution is -2.33. The van der Waals surface area contributed by atoms with Gasteiger partial charge in [-0.1, -0.05) is 13.3 Å². The number of aldehydes is 1. The van der Waals surface area contributed by atoms with Gasteiger partial charge in [-0.15, -0.1) is 11.8 Å². The molecule has 0 aromatic heterocycles. The Morgan fingerprint density at radius 3 is 2.91 bits per heavy atom. The van der Waals surface area contributed by atoms with E-state index in [1.165, 1.54) is 12.8 Å². The molecule has 0 spiro atoms. The Balaban J connectivity index is 2.41. The van der Waals surface area contributed by atoms with Crippen LogP contribution >= 0.6 is 11.8 Å². The fourth-order valence-corrected chi connectivity index (χ4v) is 2.85. The molecule has 1 fully saturated rings. The first kappa shape index (κ1) is 9.07. The molecule has 0 amide bonds. The quantitative estimate of drug-likeness (QED) is 0.601. The van der Waals surface area contributed by atoms with Crippen molar-refractivity contribution in [3.63, 3.8) is 0 Å². The molecule has 2 atom stereocenters. The highest BCUT2D eigenvalue weighted by Crippen LogP contribution is 2.29. The molecule has 1 heterocycles. The van der Waals surface area contributed by atoms with Crippen molar-refractivity contribution in [3.8, 4) is 0 Å². The van der Waals surface area contributed by atoms with E-state index in [4.69, 9.17) is 0 Å². The maximum atomic E-state index is 10.5. The topological polar surface area (TPSA) is 20.3 Å². The first-order valence-electron chi connectivity index (χ1n) is 4.08. The van der Waals surface area contributed by atoms with Crippen molar-refractivity contribution in [1.82, 2.24) is 4.90 Å². The molecule has 0 saturated carbocycles. The molecular formula is C8H15NOS. The Kier molecular flexibility index (Phi) is 3.40. The summed E-state index contributed by atoms with van der Waals surface area (Å²) in [6, 6.07) is 0.163. The van der Waals surface area contributed by atoms with Gasteiger partial charge in [0.15, 0.2) is 0 Å². The predicted molar refractivity (Wildman–Crippen MR) is 48.8 cm³/mol. The molecule has 0 N–H and O–H groups in total. The minimum atomic E-state index is 0.163. The van der Waals surface area contributed by atoms with Gasteiger partial charge in [-0.2, -0.15) is 0 Å². The second-order valence-corrected chi connectivity index (χ2v) is 4.16. The molecule has 1 unspecified atom stereocenters. The average molecular weight is 173 g/mol. The Bertz CT molecular complexity index is 140. The zero-order valence-electron chi connectivity index (χ0n) is 7.12. The second-order valence-electron chi connectivity index (χ2n) is 2.95. The predicted octanol–water partition coefficient (Wildman–Crippen LogP) is 1.36. The van der Waals surface area contributed by atoms with E-state index >= 15 is 0 Å². The third-order valence-corrected chi connectivity index (χ3v) is 3.62. The van der Waals surface area contributed by atoms with E-state index in [1.54, 1.807) is 0 Å². The summed E-state index contributed by atoms with van der Waals surface area (Å²) >= 11 is 1.90. The van der Waals surface area contributed by atoms with Crippen LogP contribution in [0.4, 0.5) is 0 Å². The Morgan fingerprint density at radius 1 is 1.73 bits per heavy atom. The summed E-state index contributed by atoms with van der Waals surface area (Å²) in [6.45, 7) is 2.18. The van der Waals surface area contributed by atoms with Gasteiger partial charge in [0.2, 0.25) is 0 Å². The molecule has 3 heteroatoms. The van der Waals surface area contributed by atoms with Crippen LogP contribution < -0.4 is 0 Å². The number of hydrogen-bond acceptors (Lipinski definition) is 3. The van der Waals surface area contributed by atoms with Crippen molar-refractivity contribution in [2.45, 2.75) is 31.2 Å². The molecule has 0 aromatic rings. The van der Waals surface area contributed by atoms with Crippen molar-refractivity contribution in [2.75, 3.05) is 12.8 Å². The number of rotatable bonds is 3. The largest absolute Gasteiger partial charge is 0.302 e. The Morgan fingerprint density at radius 2 is 2.45 bits per heavy atom. The Hall–Kier alpha value is -0.0200. The molecule has 1 rings (SSSR count). The molecular weight excluding hydrogens is 158 g/mol. The average Bonchev–Trinajstić information content (AvgIpc) is 2.34. The smallest absolute Gasteiger partial charge is 0.137 e. The van der Waals surface area contributed by atoms with Gasteiger partial charge >= 0.3 is 0 Å². The maximum absolute atomic E-state index is 10.5. The third kappa shape index (κ3) is 1.97. The van der Waals surface area contributed by atoms with E-state index in [1.807, 2.05) is 18.8 Å². The van der Waals surface area contributed by atoms with E-state index < -0.39 is 0 Å². The van der Waals surface area contributed by atoms with Gasteiger partial charge < -0.3 is 4.79 Å². The van der Waals surface area contributed by atoms with Crippen LogP contribution in [0.2, 0.25) is 0 Å². The van der Waals surface area contributed by atoms with Crippen LogP contribution in [0.1, 0.15) is 19.8 Å². The summed E-state index contributed by atoms with van der Waals surface area (Å²) in [5.74, 6) is 0.977. The third-order valence-electron chi connectivity index (χ3n) is 2.13. The standard InChI is InChI=1S/C8H15NOS/c1-3-4-8-9(2)7(5-10)6-11-8/h5,7-8H,3-4,6H2,1-2H3/t7-,8?/m1/s1. The fourth-order valence-electron chi connectivity index (χ4n) is 1.33. The lowest BCUT2D eigenvalue weighted by Gasteiger charge is -2.20. The molecule has 0 aliphatic carbocycles. The van der Waals surface area contributed by atoms with Crippen molar-refractivity contribution in [1.29, 1.82) is 0 Å². The summed E-state index contributed by atoms with van der Waals surface area (Å²) in [5, 5.41) is 0.579. The molecule has 11 heavy (non-hydrogen) atoms. The molecule has 64 valence electrons. The van der Waals surface area contributed by atoms with Crippen LogP contribution in [0, 0.1) is 0 Å². The Labute approximate surface area is 72.3 Å². The molecule has 0 aromatic carbocycles. The number of likely N-dealkylation sites (N-methyl/N-ethyl adjacent to an activating group) is 1. The van der Waals surface area contributed by atoms with Crippen molar-refractivity contribution in [2.24, 2.45) is 0 Å². The summed E-state index contributed by atoms with van der Waals surface area (Å²) < 4.78 is 0. The van der Waals surface area contributed by atoms with Gasteiger partial charge in [-0.05, 0) is 13.5 Å². The second kappa shape index (κ2) is 4.12. The number of nitrogens with zero attached hydrogens (tertiary/aromatic N) is 1. The van der Waals surface area contributed by atoms with Crippen LogP contribution in [-0.2, 0) is 4.79 Å². The number of carbonyl (C=O) groups is 1. The molecule has 0 radical (unpaired) electrons. The molecule has 1 aliphatic heterocycles. The van der Waals surface area contributed by atoms with Crippen molar-refractivity contribution < 1.29 is 4.79 Å². The van der Waals surface area contributed by atoms with Gasteiger partial charge in [0.1, 0.15) is 6.29 Å². The van der Waals surface area contributed by atoms with Crippen molar-refractivity contribution in [3.05, 3.63) is 0 Å². The SMILES string of the molecule is CCCC1SC[C@@H](C=O)N1C. The van der Waals surface area contributed by atoms with E-state index in [9.17, 15) is 4.79 Å². The van der Waals surface area contributed by atoms with Gasteiger partial charge in [0.05, 0.1) is 11.4 Å². The number of carbonyl (C=O) groups excluding carboxylic acids is 1. The van der Waals surface area contributed by atoms with Crippen LogP contribution in [0.5, 0.6) is 0 Å². The summed E-state index contributed by atoms with van der Waals surface area (Å²) in [7, 11) is 2.04. The molecule has 1 saturated heterocycles. The number of hydrogen-bond donors (Lipinski definition) is 0. The lowest BCUT2D eigenvalue weighted by molar-refractivity contribution is -0.111. The highest BCUT2D eigenvalue weighted by molar-refractivity contribution is 8.00. The monoisotopic (exact) mass is 173 g/mol. The minimum absolute atomic E-state index is 0.163. The fraction of sp³-hybridized carbons (Fsp3) is 0.875. The van der Waals surface area contributed by atoms with Crippen LogP contribution in [0.25, 0.3) is 0 Å².